The van der Waals surface area contributed by atoms with Crippen molar-refractivity contribution in [3.05, 3.63) is 35.4 Å². The molecule has 1 saturated heterocycles. The largest absolute Gasteiger partial charge is 0.373 e. The van der Waals surface area contributed by atoms with Gasteiger partial charge in [-0.15, -0.1) is 0 Å². The number of rotatable bonds is 1. The van der Waals surface area contributed by atoms with E-state index in [0.717, 1.165) is 31.4 Å². The molecule has 0 aliphatic carbocycles. The fourth-order valence-electron chi connectivity index (χ4n) is 1.75. The maximum atomic E-state index is 13.3. The molecule has 76 valence electrons. The lowest BCUT2D eigenvalue weighted by atomic mass is 10.0. The minimum Gasteiger partial charge on any atom is -0.373 e. The SMILES string of the molecule is Fc1ccc(F)c(C2CCCCO2)c1. The van der Waals surface area contributed by atoms with Gasteiger partial charge in [-0.1, -0.05) is 0 Å². The Kier molecular flexibility index (Phi) is 2.77. The van der Waals surface area contributed by atoms with Crippen molar-refractivity contribution >= 4 is 0 Å². The highest BCUT2D eigenvalue weighted by atomic mass is 19.1. The second-order valence-corrected chi connectivity index (χ2v) is 3.52. The maximum Gasteiger partial charge on any atom is 0.129 e. The zero-order chi connectivity index (χ0) is 9.97. The number of benzene rings is 1. The maximum absolute atomic E-state index is 13.3. The molecular formula is C11H12F2O. The van der Waals surface area contributed by atoms with Crippen LogP contribution in [-0.2, 0) is 4.74 Å². The van der Waals surface area contributed by atoms with Crippen LogP contribution >= 0.6 is 0 Å². The van der Waals surface area contributed by atoms with E-state index < -0.39 is 5.82 Å². The summed E-state index contributed by atoms with van der Waals surface area (Å²) in [6.07, 6.45) is 2.54. The van der Waals surface area contributed by atoms with Crippen molar-refractivity contribution in [3.63, 3.8) is 0 Å². The summed E-state index contributed by atoms with van der Waals surface area (Å²) in [6.45, 7) is 0.640. The summed E-state index contributed by atoms with van der Waals surface area (Å²) in [5.74, 6) is -0.783. The first-order chi connectivity index (χ1) is 6.77. The Balaban J connectivity index is 2.24. The molecule has 1 fully saturated rings. The Bertz CT molecular complexity index is 319. The lowest BCUT2D eigenvalue weighted by molar-refractivity contribution is 0.0126. The van der Waals surface area contributed by atoms with Crippen LogP contribution in [0.15, 0.2) is 18.2 Å². The van der Waals surface area contributed by atoms with E-state index in [9.17, 15) is 8.78 Å². The summed E-state index contributed by atoms with van der Waals surface area (Å²) in [6, 6.07) is 3.51. The van der Waals surface area contributed by atoms with Crippen molar-refractivity contribution in [2.24, 2.45) is 0 Å². The van der Waals surface area contributed by atoms with Crippen LogP contribution in [0, 0.1) is 11.6 Å². The first kappa shape index (κ1) is 9.59. The minimum absolute atomic E-state index is 0.264. The predicted octanol–water partition coefficient (Wildman–Crippen LogP) is 3.21. The molecule has 0 N–H and O–H groups in total. The summed E-state index contributed by atoms with van der Waals surface area (Å²) in [5, 5.41) is 0. The lowest BCUT2D eigenvalue weighted by Crippen LogP contribution is -2.13. The van der Waals surface area contributed by atoms with E-state index in [1.165, 1.54) is 6.07 Å². The molecule has 0 saturated carbocycles. The fraction of sp³-hybridized carbons (Fsp3) is 0.455. The Morgan fingerprint density at radius 3 is 2.79 bits per heavy atom. The summed E-state index contributed by atoms with van der Waals surface area (Å²) in [4.78, 5) is 0. The smallest absolute Gasteiger partial charge is 0.129 e. The van der Waals surface area contributed by atoms with Gasteiger partial charge in [-0.3, -0.25) is 0 Å². The molecule has 1 aliphatic heterocycles. The quantitative estimate of drug-likeness (QED) is 0.673. The fourth-order valence-corrected chi connectivity index (χ4v) is 1.75. The summed E-state index contributed by atoms with van der Waals surface area (Å²) < 4.78 is 31.6. The third kappa shape index (κ3) is 1.93. The van der Waals surface area contributed by atoms with Crippen LogP contribution in [0.1, 0.15) is 30.9 Å². The molecule has 1 atom stereocenters. The van der Waals surface area contributed by atoms with Crippen LogP contribution in [0.2, 0.25) is 0 Å². The first-order valence-electron chi connectivity index (χ1n) is 4.84. The Hall–Kier alpha value is -0.960. The van der Waals surface area contributed by atoms with Crippen LogP contribution in [0.4, 0.5) is 8.78 Å². The molecule has 2 rings (SSSR count). The zero-order valence-corrected chi connectivity index (χ0v) is 7.80. The van der Waals surface area contributed by atoms with Crippen molar-refractivity contribution in [2.45, 2.75) is 25.4 Å². The first-order valence-corrected chi connectivity index (χ1v) is 4.84. The standard InChI is InChI=1S/C11H12F2O/c12-8-4-5-10(13)9(7-8)11-3-1-2-6-14-11/h4-5,7,11H,1-3,6H2. The van der Waals surface area contributed by atoms with Crippen LogP contribution < -0.4 is 0 Å². The number of ether oxygens (including phenoxy) is 1. The second kappa shape index (κ2) is 4.05. The van der Waals surface area contributed by atoms with E-state index in [2.05, 4.69) is 0 Å². The molecule has 3 heteroatoms. The van der Waals surface area contributed by atoms with Gasteiger partial charge in [0.25, 0.3) is 0 Å². The van der Waals surface area contributed by atoms with Gasteiger partial charge in [0.1, 0.15) is 11.6 Å². The molecule has 1 aromatic rings. The summed E-state index contributed by atoms with van der Waals surface area (Å²) in [5.41, 5.74) is 0.352. The Labute approximate surface area is 81.7 Å². The number of halogens is 2. The van der Waals surface area contributed by atoms with Gasteiger partial charge >= 0.3 is 0 Å². The average Bonchev–Trinajstić information content (AvgIpc) is 2.23. The third-order valence-electron chi connectivity index (χ3n) is 2.48. The van der Waals surface area contributed by atoms with Crippen LogP contribution in [0.25, 0.3) is 0 Å². The molecule has 1 aliphatic rings. The van der Waals surface area contributed by atoms with Gasteiger partial charge in [0, 0.05) is 12.2 Å². The van der Waals surface area contributed by atoms with Gasteiger partial charge in [0.2, 0.25) is 0 Å². The highest BCUT2D eigenvalue weighted by molar-refractivity contribution is 5.21. The molecule has 0 spiro atoms. The van der Waals surface area contributed by atoms with Crippen LogP contribution in [0.5, 0.6) is 0 Å². The molecule has 0 bridgehead atoms. The van der Waals surface area contributed by atoms with E-state index in [0.29, 0.717) is 12.2 Å². The van der Waals surface area contributed by atoms with E-state index in [4.69, 9.17) is 4.74 Å². The number of hydrogen-bond acceptors (Lipinski definition) is 1. The van der Waals surface area contributed by atoms with Crippen LogP contribution in [-0.4, -0.2) is 6.61 Å². The van der Waals surface area contributed by atoms with E-state index >= 15 is 0 Å². The average molecular weight is 198 g/mol. The summed E-state index contributed by atoms with van der Waals surface area (Å²) in [7, 11) is 0. The van der Waals surface area contributed by atoms with E-state index in [-0.39, 0.29) is 11.9 Å². The Morgan fingerprint density at radius 1 is 1.21 bits per heavy atom. The van der Waals surface area contributed by atoms with Crippen molar-refractivity contribution in [2.75, 3.05) is 6.61 Å². The van der Waals surface area contributed by atoms with E-state index in [1.807, 2.05) is 0 Å². The zero-order valence-electron chi connectivity index (χ0n) is 7.80. The van der Waals surface area contributed by atoms with Crippen molar-refractivity contribution in [1.29, 1.82) is 0 Å². The van der Waals surface area contributed by atoms with Crippen molar-refractivity contribution in [1.82, 2.24) is 0 Å². The van der Waals surface area contributed by atoms with Gasteiger partial charge in [-0.25, -0.2) is 8.78 Å². The third-order valence-corrected chi connectivity index (χ3v) is 2.48. The molecule has 0 aromatic heterocycles. The molecular weight excluding hydrogens is 186 g/mol. The normalized spacial score (nSPS) is 22.3. The minimum atomic E-state index is -0.407. The Morgan fingerprint density at radius 2 is 2.07 bits per heavy atom. The topological polar surface area (TPSA) is 9.23 Å². The predicted molar refractivity (Wildman–Crippen MR) is 48.9 cm³/mol. The lowest BCUT2D eigenvalue weighted by Gasteiger charge is -2.23. The second-order valence-electron chi connectivity index (χ2n) is 3.52. The molecule has 0 radical (unpaired) electrons. The van der Waals surface area contributed by atoms with Crippen LogP contribution in [0.3, 0.4) is 0 Å². The van der Waals surface area contributed by atoms with Gasteiger partial charge in [0.05, 0.1) is 6.10 Å². The van der Waals surface area contributed by atoms with Gasteiger partial charge in [-0.05, 0) is 37.5 Å². The molecule has 1 nitrogen and oxygen atoms in total. The van der Waals surface area contributed by atoms with Gasteiger partial charge in [0.15, 0.2) is 0 Å². The number of hydrogen-bond donors (Lipinski definition) is 0. The van der Waals surface area contributed by atoms with E-state index in [1.54, 1.807) is 0 Å². The van der Waals surface area contributed by atoms with Gasteiger partial charge < -0.3 is 4.74 Å². The van der Waals surface area contributed by atoms with Gasteiger partial charge in [-0.2, -0.15) is 0 Å². The van der Waals surface area contributed by atoms with Crippen molar-refractivity contribution < 1.29 is 13.5 Å². The molecule has 1 unspecified atom stereocenters. The van der Waals surface area contributed by atoms with Crippen molar-refractivity contribution in [3.8, 4) is 0 Å². The monoisotopic (exact) mass is 198 g/mol. The molecule has 0 amide bonds. The molecule has 1 aromatic carbocycles. The highest BCUT2D eigenvalue weighted by Crippen LogP contribution is 2.29. The molecule has 1 heterocycles. The summed E-state index contributed by atoms with van der Waals surface area (Å²) >= 11 is 0. The molecule has 14 heavy (non-hydrogen) atoms. The highest BCUT2D eigenvalue weighted by Gasteiger charge is 2.19.